The van der Waals surface area contributed by atoms with Crippen molar-refractivity contribution in [2.75, 3.05) is 18.4 Å². The molecule has 1 fully saturated rings. The van der Waals surface area contributed by atoms with Gasteiger partial charge < -0.3 is 10.2 Å². The number of alkyl halides is 3. The zero-order chi connectivity index (χ0) is 27.6. The molecule has 1 atom stereocenters. The fraction of sp³-hybridized carbons (Fsp3) is 0.423. The van der Waals surface area contributed by atoms with Crippen LogP contribution in [0.1, 0.15) is 41.5 Å². The van der Waals surface area contributed by atoms with Gasteiger partial charge in [0.05, 0.1) is 5.56 Å². The molecule has 0 saturated carbocycles. The topological polar surface area (TPSA) is 96.2 Å². The Kier molecular flexibility index (Phi) is 7.85. The summed E-state index contributed by atoms with van der Waals surface area (Å²) in [6, 6.07) is 8.52. The molecule has 2 amide bonds. The molecule has 39 heavy (non-hydrogen) atoms. The van der Waals surface area contributed by atoms with Crippen LogP contribution in [0.2, 0.25) is 5.02 Å². The SMILES string of the molecule is O=C(Nc1ccc(CN2CCc3ccc(C(F)(F)F)cc3C2)c(Cl)c1)[C@H]1CCCCN1C(=O)Cn1cnnn1. The van der Waals surface area contributed by atoms with Gasteiger partial charge in [0, 0.05) is 36.9 Å². The Morgan fingerprint density at radius 1 is 1.08 bits per heavy atom. The number of likely N-dealkylation sites (tertiary alicyclic amines) is 1. The minimum atomic E-state index is -4.38. The van der Waals surface area contributed by atoms with Crippen molar-refractivity contribution in [3.05, 3.63) is 70.0 Å². The third-order valence-corrected chi connectivity index (χ3v) is 7.51. The Labute approximate surface area is 227 Å². The molecule has 2 aliphatic rings. The van der Waals surface area contributed by atoms with Crippen molar-refractivity contribution in [1.29, 1.82) is 0 Å². The molecule has 0 bridgehead atoms. The van der Waals surface area contributed by atoms with Gasteiger partial charge in [-0.1, -0.05) is 23.7 Å². The van der Waals surface area contributed by atoms with E-state index in [0.29, 0.717) is 55.3 Å². The summed E-state index contributed by atoms with van der Waals surface area (Å²) in [6.07, 6.45) is -0.185. The van der Waals surface area contributed by atoms with Crippen LogP contribution in [0.3, 0.4) is 0 Å². The fourth-order valence-electron chi connectivity index (χ4n) is 5.13. The van der Waals surface area contributed by atoms with E-state index in [-0.39, 0.29) is 18.4 Å². The molecule has 206 valence electrons. The highest BCUT2D eigenvalue weighted by atomic mass is 35.5. The third kappa shape index (κ3) is 6.39. The Morgan fingerprint density at radius 3 is 2.67 bits per heavy atom. The maximum Gasteiger partial charge on any atom is 0.416 e. The number of fused-ring (bicyclic) bond motifs is 1. The normalized spacial score (nSPS) is 18.1. The number of carbonyl (C=O) groups excluding carboxylic acids is 2. The summed E-state index contributed by atoms with van der Waals surface area (Å²) in [6.45, 7) is 1.98. The molecule has 9 nitrogen and oxygen atoms in total. The van der Waals surface area contributed by atoms with E-state index in [0.717, 1.165) is 30.0 Å². The number of amides is 2. The van der Waals surface area contributed by atoms with Crippen LogP contribution in [0.15, 0.2) is 42.7 Å². The number of hydrogen-bond donors (Lipinski definition) is 1. The van der Waals surface area contributed by atoms with Crippen molar-refractivity contribution >= 4 is 29.1 Å². The quantitative estimate of drug-likeness (QED) is 0.490. The average Bonchev–Trinajstić information content (AvgIpc) is 3.42. The molecular weight excluding hydrogens is 535 g/mol. The van der Waals surface area contributed by atoms with Gasteiger partial charge in [0.15, 0.2) is 0 Å². The number of nitrogens with zero attached hydrogens (tertiary/aromatic N) is 6. The van der Waals surface area contributed by atoms with Crippen molar-refractivity contribution in [2.45, 2.75) is 57.5 Å². The lowest BCUT2D eigenvalue weighted by Crippen LogP contribution is -2.51. The second kappa shape index (κ2) is 11.3. The molecule has 0 radical (unpaired) electrons. The maximum absolute atomic E-state index is 13.2. The number of benzene rings is 2. The van der Waals surface area contributed by atoms with E-state index in [2.05, 4.69) is 25.7 Å². The van der Waals surface area contributed by atoms with Gasteiger partial charge in [-0.25, -0.2) is 4.68 Å². The molecule has 13 heteroatoms. The highest BCUT2D eigenvalue weighted by molar-refractivity contribution is 6.31. The number of carbonyl (C=O) groups is 2. The van der Waals surface area contributed by atoms with E-state index in [1.807, 2.05) is 0 Å². The first-order valence-electron chi connectivity index (χ1n) is 12.7. The van der Waals surface area contributed by atoms with Crippen LogP contribution in [0.4, 0.5) is 18.9 Å². The molecule has 2 aliphatic heterocycles. The number of aromatic nitrogens is 4. The molecule has 3 heterocycles. The molecule has 1 N–H and O–H groups in total. The summed E-state index contributed by atoms with van der Waals surface area (Å²) < 4.78 is 40.8. The number of tetrazole rings is 1. The Morgan fingerprint density at radius 2 is 1.92 bits per heavy atom. The number of halogens is 4. The van der Waals surface area contributed by atoms with Crippen molar-refractivity contribution in [3.8, 4) is 0 Å². The summed E-state index contributed by atoms with van der Waals surface area (Å²) in [7, 11) is 0. The fourth-order valence-corrected chi connectivity index (χ4v) is 5.37. The molecule has 0 aliphatic carbocycles. The summed E-state index contributed by atoms with van der Waals surface area (Å²) in [5.74, 6) is -0.530. The molecule has 0 unspecified atom stereocenters. The minimum Gasteiger partial charge on any atom is -0.329 e. The number of anilines is 1. The van der Waals surface area contributed by atoms with Crippen molar-refractivity contribution in [2.24, 2.45) is 0 Å². The number of piperidine rings is 1. The average molecular weight is 562 g/mol. The van der Waals surface area contributed by atoms with Crippen LogP contribution < -0.4 is 5.32 Å². The van der Waals surface area contributed by atoms with Gasteiger partial charge in [-0.3, -0.25) is 14.5 Å². The van der Waals surface area contributed by atoms with Gasteiger partial charge in [-0.15, -0.1) is 5.10 Å². The summed E-state index contributed by atoms with van der Waals surface area (Å²) in [5, 5.41) is 14.1. The van der Waals surface area contributed by atoms with Gasteiger partial charge in [0.2, 0.25) is 11.8 Å². The van der Waals surface area contributed by atoms with E-state index >= 15 is 0 Å². The first-order chi connectivity index (χ1) is 18.7. The van der Waals surface area contributed by atoms with Crippen LogP contribution in [0.5, 0.6) is 0 Å². The smallest absolute Gasteiger partial charge is 0.329 e. The highest BCUT2D eigenvalue weighted by Gasteiger charge is 2.33. The number of nitrogens with one attached hydrogen (secondary N) is 1. The standard InChI is InChI=1S/C26H27ClF3N7O2/c27-22-12-21(32-25(39)23-3-1-2-9-37(23)24(38)15-36-16-31-33-34-36)7-5-18(22)13-35-10-8-17-4-6-20(26(28,29)30)11-19(17)14-35/h4-7,11-12,16,23H,1-3,8-10,13-15H2,(H,32,39)/t23-/m1/s1. The predicted molar refractivity (Wildman–Crippen MR) is 137 cm³/mol. The van der Waals surface area contributed by atoms with E-state index in [4.69, 9.17) is 11.6 Å². The molecule has 2 aromatic carbocycles. The van der Waals surface area contributed by atoms with Crippen molar-refractivity contribution < 1.29 is 22.8 Å². The molecule has 0 spiro atoms. The lowest BCUT2D eigenvalue weighted by atomic mass is 9.97. The largest absolute Gasteiger partial charge is 0.416 e. The molecule has 1 saturated heterocycles. The van der Waals surface area contributed by atoms with E-state index in [1.165, 1.54) is 17.1 Å². The summed E-state index contributed by atoms with van der Waals surface area (Å²) in [5.41, 5.74) is 2.27. The summed E-state index contributed by atoms with van der Waals surface area (Å²) in [4.78, 5) is 29.6. The number of hydrogen-bond acceptors (Lipinski definition) is 6. The maximum atomic E-state index is 13.2. The zero-order valence-electron chi connectivity index (χ0n) is 21.0. The van der Waals surface area contributed by atoms with Gasteiger partial charge in [0.1, 0.15) is 18.9 Å². The lowest BCUT2D eigenvalue weighted by molar-refractivity contribution is -0.141. The summed E-state index contributed by atoms with van der Waals surface area (Å²) >= 11 is 6.55. The van der Waals surface area contributed by atoms with E-state index < -0.39 is 17.8 Å². The first-order valence-corrected chi connectivity index (χ1v) is 13.1. The van der Waals surface area contributed by atoms with E-state index in [1.54, 1.807) is 29.2 Å². The second-order valence-electron chi connectivity index (χ2n) is 9.84. The van der Waals surface area contributed by atoms with Gasteiger partial charge in [0.25, 0.3) is 0 Å². The third-order valence-electron chi connectivity index (χ3n) is 7.15. The molecule has 3 aromatic rings. The first kappa shape index (κ1) is 27.1. The minimum absolute atomic E-state index is 0.0458. The Hall–Kier alpha value is -3.51. The van der Waals surface area contributed by atoms with Crippen LogP contribution in [-0.2, 0) is 41.8 Å². The van der Waals surface area contributed by atoms with Crippen LogP contribution >= 0.6 is 11.6 Å². The highest BCUT2D eigenvalue weighted by Crippen LogP contribution is 2.33. The van der Waals surface area contributed by atoms with E-state index in [9.17, 15) is 22.8 Å². The predicted octanol–water partition coefficient (Wildman–Crippen LogP) is 3.92. The Balaban J connectivity index is 1.22. The Bertz CT molecular complexity index is 1350. The van der Waals surface area contributed by atoms with Crippen LogP contribution in [0.25, 0.3) is 0 Å². The van der Waals surface area contributed by atoms with Gasteiger partial charge in [-0.2, -0.15) is 13.2 Å². The van der Waals surface area contributed by atoms with Crippen LogP contribution in [0, 0.1) is 0 Å². The second-order valence-corrected chi connectivity index (χ2v) is 10.3. The number of rotatable bonds is 6. The molecule has 1 aromatic heterocycles. The van der Waals surface area contributed by atoms with Gasteiger partial charge in [-0.05, 0) is 77.1 Å². The van der Waals surface area contributed by atoms with Crippen molar-refractivity contribution in [1.82, 2.24) is 30.0 Å². The lowest BCUT2D eigenvalue weighted by Gasteiger charge is -2.34. The van der Waals surface area contributed by atoms with Crippen molar-refractivity contribution in [3.63, 3.8) is 0 Å². The van der Waals surface area contributed by atoms with Gasteiger partial charge >= 0.3 is 6.18 Å². The van der Waals surface area contributed by atoms with Crippen LogP contribution in [-0.4, -0.2) is 61.0 Å². The molecule has 5 rings (SSSR count). The molecular formula is C26H27ClF3N7O2. The monoisotopic (exact) mass is 561 g/mol. The zero-order valence-corrected chi connectivity index (χ0v) is 21.8.